The van der Waals surface area contributed by atoms with Crippen molar-refractivity contribution in [1.82, 2.24) is 5.32 Å². The van der Waals surface area contributed by atoms with Crippen molar-refractivity contribution in [1.29, 1.82) is 0 Å². The van der Waals surface area contributed by atoms with E-state index in [1.165, 1.54) is 0 Å². The van der Waals surface area contributed by atoms with Gasteiger partial charge in [-0.15, -0.1) is 0 Å². The minimum atomic E-state index is -0.667. The molecule has 0 saturated heterocycles. The van der Waals surface area contributed by atoms with Crippen LogP contribution in [0, 0.1) is 6.92 Å². The molecule has 2 N–H and O–H groups in total. The fraction of sp³-hybridized carbons (Fsp3) is 0.333. The normalized spacial score (nSPS) is 11.8. The van der Waals surface area contributed by atoms with Crippen molar-refractivity contribution < 1.29 is 14.3 Å². The molecule has 0 radical (unpaired) electrons. The Kier molecular flexibility index (Phi) is 6.39. The van der Waals surface area contributed by atoms with Crippen LogP contribution in [0.15, 0.2) is 42.5 Å². The van der Waals surface area contributed by atoms with Crippen LogP contribution in [0.2, 0.25) is 0 Å². The lowest BCUT2D eigenvalue weighted by Crippen LogP contribution is -2.30. The van der Waals surface area contributed by atoms with Crippen LogP contribution in [-0.2, 0) is 4.79 Å². The Hall–Kier alpha value is -2.82. The molecule has 0 heterocycles. The molecule has 5 heteroatoms. The maximum Gasteiger partial charge on any atom is 0.265 e. The smallest absolute Gasteiger partial charge is 0.265 e. The SMILES string of the molecule is CNC(=O)c1cccc(NC(=O)C(C)Oc2cc(C(C)C)ccc2C)c1. The maximum atomic E-state index is 12.5. The van der Waals surface area contributed by atoms with E-state index in [1.54, 1.807) is 38.2 Å². The molecule has 2 amide bonds. The van der Waals surface area contributed by atoms with Gasteiger partial charge in [0.1, 0.15) is 5.75 Å². The summed E-state index contributed by atoms with van der Waals surface area (Å²) in [5, 5.41) is 5.36. The number of nitrogens with one attached hydrogen (secondary N) is 2. The first-order valence-corrected chi connectivity index (χ1v) is 8.72. The van der Waals surface area contributed by atoms with Crippen LogP contribution in [0.3, 0.4) is 0 Å². The molecule has 2 rings (SSSR count). The first-order valence-electron chi connectivity index (χ1n) is 8.72. The molecule has 0 saturated carbocycles. The van der Waals surface area contributed by atoms with Crippen LogP contribution in [0.5, 0.6) is 5.75 Å². The van der Waals surface area contributed by atoms with Gasteiger partial charge >= 0.3 is 0 Å². The van der Waals surface area contributed by atoms with Crippen molar-refractivity contribution in [2.75, 3.05) is 12.4 Å². The number of carbonyl (C=O) groups is 2. The third kappa shape index (κ3) is 4.85. The summed E-state index contributed by atoms with van der Waals surface area (Å²) < 4.78 is 5.88. The summed E-state index contributed by atoms with van der Waals surface area (Å²) in [6.45, 7) is 7.89. The molecule has 0 aliphatic rings. The summed E-state index contributed by atoms with van der Waals surface area (Å²) in [7, 11) is 1.57. The Bertz CT molecular complexity index is 800. The predicted octanol–water partition coefficient (Wildman–Crippen LogP) is 3.88. The highest BCUT2D eigenvalue weighted by Crippen LogP contribution is 2.25. The van der Waals surface area contributed by atoms with Gasteiger partial charge in [-0.05, 0) is 55.2 Å². The summed E-state index contributed by atoms with van der Waals surface area (Å²) in [5.74, 6) is 0.618. The number of aryl methyl sites for hydroxylation is 1. The highest BCUT2D eigenvalue weighted by Gasteiger charge is 2.17. The number of carbonyl (C=O) groups excluding carboxylic acids is 2. The third-order valence-electron chi connectivity index (χ3n) is 4.17. The van der Waals surface area contributed by atoms with Crippen LogP contribution in [0.25, 0.3) is 0 Å². The van der Waals surface area contributed by atoms with E-state index in [0.717, 1.165) is 11.1 Å². The summed E-state index contributed by atoms with van der Waals surface area (Å²) in [6, 6.07) is 12.8. The Labute approximate surface area is 154 Å². The molecule has 0 bridgehead atoms. The lowest BCUT2D eigenvalue weighted by molar-refractivity contribution is -0.122. The van der Waals surface area contributed by atoms with Crippen LogP contribution in [-0.4, -0.2) is 25.0 Å². The van der Waals surface area contributed by atoms with Gasteiger partial charge in [-0.25, -0.2) is 0 Å². The van der Waals surface area contributed by atoms with Crippen LogP contribution in [0.1, 0.15) is 48.2 Å². The fourth-order valence-electron chi connectivity index (χ4n) is 2.47. The predicted molar refractivity (Wildman–Crippen MR) is 104 cm³/mol. The standard InChI is InChI=1S/C21H26N2O3/c1-13(2)16-10-9-14(3)19(12-16)26-15(4)20(24)23-18-8-6-7-17(11-18)21(25)22-5/h6-13,15H,1-5H3,(H,22,25)(H,23,24). The average molecular weight is 354 g/mol. The molecule has 2 aromatic carbocycles. The first-order chi connectivity index (χ1) is 12.3. The first kappa shape index (κ1) is 19.5. The number of benzene rings is 2. The molecule has 0 aliphatic heterocycles. The molecule has 0 aliphatic carbocycles. The molecular formula is C21H26N2O3. The van der Waals surface area contributed by atoms with Gasteiger partial charge in [0, 0.05) is 18.3 Å². The highest BCUT2D eigenvalue weighted by molar-refractivity contribution is 5.98. The molecule has 2 aromatic rings. The fourth-order valence-corrected chi connectivity index (χ4v) is 2.47. The van der Waals surface area contributed by atoms with Crippen molar-refractivity contribution in [3.8, 4) is 5.75 Å². The lowest BCUT2D eigenvalue weighted by atomic mass is 10.0. The van der Waals surface area contributed by atoms with E-state index < -0.39 is 6.10 Å². The summed E-state index contributed by atoms with van der Waals surface area (Å²) in [4.78, 5) is 24.2. The van der Waals surface area contributed by atoms with Crippen molar-refractivity contribution in [3.05, 3.63) is 59.2 Å². The minimum absolute atomic E-state index is 0.202. The Morgan fingerprint density at radius 1 is 1.04 bits per heavy atom. The summed E-state index contributed by atoms with van der Waals surface area (Å²) in [6.07, 6.45) is -0.667. The molecule has 1 atom stereocenters. The van der Waals surface area contributed by atoms with E-state index in [9.17, 15) is 9.59 Å². The molecule has 0 spiro atoms. The van der Waals surface area contributed by atoms with Crippen molar-refractivity contribution in [2.24, 2.45) is 0 Å². The third-order valence-corrected chi connectivity index (χ3v) is 4.17. The van der Waals surface area contributed by atoms with E-state index in [4.69, 9.17) is 4.74 Å². The van der Waals surface area contributed by atoms with Crippen molar-refractivity contribution >= 4 is 17.5 Å². The number of amides is 2. The lowest BCUT2D eigenvalue weighted by Gasteiger charge is -2.18. The second kappa shape index (κ2) is 8.52. The van der Waals surface area contributed by atoms with Crippen LogP contribution in [0.4, 0.5) is 5.69 Å². The van der Waals surface area contributed by atoms with E-state index in [0.29, 0.717) is 22.9 Å². The molecule has 26 heavy (non-hydrogen) atoms. The monoisotopic (exact) mass is 354 g/mol. The van der Waals surface area contributed by atoms with E-state index in [1.807, 2.05) is 19.1 Å². The van der Waals surface area contributed by atoms with Crippen LogP contribution >= 0.6 is 0 Å². The molecule has 0 aromatic heterocycles. The van der Waals surface area contributed by atoms with Gasteiger partial charge < -0.3 is 15.4 Å². The van der Waals surface area contributed by atoms with Gasteiger partial charge in [-0.1, -0.05) is 32.0 Å². The molecule has 138 valence electrons. The van der Waals surface area contributed by atoms with Crippen molar-refractivity contribution in [3.63, 3.8) is 0 Å². The number of anilines is 1. The average Bonchev–Trinajstić information content (AvgIpc) is 2.62. The van der Waals surface area contributed by atoms with Gasteiger partial charge in [0.15, 0.2) is 6.10 Å². The van der Waals surface area contributed by atoms with Crippen molar-refractivity contribution in [2.45, 2.75) is 39.7 Å². The number of rotatable bonds is 6. The molecule has 5 nitrogen and oxygen atoms in total. The van der Waals surface area contributed by atoms with Gasteiger partial charge in [0.05, 0.1) is 0 Å². The number of ether oxygens (including phenoxy) is 1. The zero-order valence-electron chi connectivity index (χ0n) is 15.9. The van der Waals surface area contributed by atoms with E-state index in [-0.39, 0.29) is 11.8 Å². The quantitative estimate of drug-likeness (QED) is 0.827. The zero-order valence-corrected chi connectivity index (χ0v) is 15.9. The topological polar surface area (TPSA) is 67.4 Å². The largest absolute Gasteiger partial charge is 0.481 e. The number of hydrogen-bond donors (Lipinski definition) is 2. The Morgan fingerprint density at radius 2 is 1.77 bits per heavy atom. The van der Waals surface area contributed by atoms with Gasteiger partial charge in [0.25, 0.3) is 11.8 Å². The Morgan fingerprint density at radius 3 is 2.42 bits per heavy atom. The number of hydrogen-bond acceptors (Lipinski definition) is 3. The Balaban J connectivity index is 2.09. The van der Waals surface area contributed by atoms with E-state index >= 15 is 0 Å². The van der Waals surface area contributed by atoms with Gasteiger partial charge in [0.2, 0.25) is 0 Å². The summed E-state index contributed by atoms with van der Waals surface area (Å²) in [5.41, 5.74) is 3.19. The minimum Gasteiger partial charge on any atom is -0.481 e. The van der Waals surface area contributed by atoms with Gasteiger partial charge in [-0.2, -0.15) is 0 Å². The zero-order chi connectivity index (χ0) is 19.3. The molecule has 0 fully saturated rings. The second-order valence-electron chi connectivity index (χ2n) is 6.59. The highest BCUT2D eigenvalue weighted by atomic mass is 16.5. The van der Waals surface area contributed by atoms with E-state index in [2.05, 4.69) is 30.5 Å². The maximum absolute atomic E-state index is 12.5. The molecular weight excluding hydrogens is 328 g/mol. The summed E-state index contributed by atoms with van der Waals surface area (Å²) >= 11 is 0. The van der Waals surface area contributed by atoms with Crippen LogP contribution < -0.4 is 15.4 Å². The molecule has 1 unspecified atom stereocenters. The second-order valence-corrected chi connectivity index (χ2v) is 6.59. The van der Waals surface area contributed by atoms with Gasteiger partial charge in [-0.3, -0.25) is 9.59 Å².